The van der Waals surface area contributed by atoms with Crippen molar-refractivity contribution in [1.29, 1.82) is 0 Å². The molecular weight excluding hydrogens is 332 g/mol. The average Bonchev–Trinajstić information content (AvgIpc) is 3.10. The highest BCUT2D eigenvalue weighted by Gasteiger charge is 2.37. The first-order chi connectivity index (χ1) is 11.2. The Kier molecular flexibility index (Phi) is 3.83. The fourth-order valence-electron chi connectivity index (χ4n) is 2.79. The lowest BCUT2D eigenvalue weighted by Crippen LogP contribution is -2.29. The van der Waals surface area contributed by atoms with E-state index in [1.807, 2.05) is 13.8 Å². The summed E-state index contributed by atoms with van der Waals surface area (Å²) >= 11 is 0. The van der Waals surface area contributed by atoms with Crippen molar-refractivity contribution < 1.29 is 18.3 Å². The van der Waals surface area contributed by atoms with Gasteiger partial charge in [-0.2, -0.15) is 5.10 Å². The molecule has 0 amide bonds. The molecule has 1 aliphatic heterocycles. The van der Waals surface area contributed by atoms with E-state index in [0.29, 0.717) is 17.1 Å². The summed E-state index contributed by atoms with van der Waals surface area (Å²) in [6.45, 7) is 4.10. The van der Waals surface area contributed by atoms with Crippen LogP contribution in [0.2, 0.25) is 0 Å². The van der Waals surface area contributed by atoms with Gasteiger partial charge in [0, 0.05) is 12.6 Å². The van der Waals surface area contributed by atoms with Crippen LogP contribution in [0.25, 0.3) is 0 Å². The number of anilines is 1. The normalized spacial score (nSPS) is 17.3. The van der Waals surface area contributed by atoms with E-state index in [0.717, 1.165) is 6.26 Å². The second kappa shape index (κ2) is 5.59. The molecule has 3 rings (SSSR count). The van der Waals surface area contributed by atoms with E-state index in [1.165, 1.54) is 22.5 Å². The first-order valence-corrected chi connectivity index (χ1v) is 9.29. The average molecular weight is 350 g/mol. The number of nitrogens with zero attached hydrogens (tertiary/aromatic N) is 4. The van der Waals surface area contributed by atoms with Gasteiger partial charge in [-0.05, 0) is 37.6 Å². The van der Waals surface area contributed by atoms with Crippen LogP contribution in [0, 0.1) is 0 Å². The number of fused-ring (bicyclic) bond motifs is 1. The molecule has 8 nitrogen and oxygen atoms in total. The maximum Gasteiger partial charge on any atom is 0.335 e. The van der Waals surface area contributed by atoms with Crippen molar-refractivity contribution in [1.82, 2.24) is 14.8 Å². The van der Waals surface area contributed by atoms with E-state index in [4.69, 9.17) is 0 Å². The third-order valence-corrected chi connectivity index (χ3v) is 5.18. The quantitative estimate of drug-likeness (QED) is 0.895. The third-order valence-electron chi connectivity index (χ3n) is 4.03. The molecule has 1 aliphatic rings. The number of aromatic nitrogens is 3. The number of aromatic carboxylic acids is 1. The molecule has 2 aromatic rings. The van der Waals surface area contributed by atoms with Gasteiger partial charge in [-0.3, -0.25) is 8.99 Å². The van der Waals surface area contributed by atoms with Crippen molar-refractivity contribution in [3.63, 3.8) is 0 Å². The smallest absolute Gasteiger partial charge is 0.335 e. The van der Waals surface area contributed by atoms with Crippen molar-refractivity contribution in [3.05, 3.63) is 41.5 Å². The Balaban J connectivity index is 2.12. The van der Waals surface area contributed by atoms with Crippen LogP contribution in [-0.4, -0.2) is 47.1 Å². The van der Waals surface area contributed by atoms with Gasteiger partial charge in [0.2, 0.25) is 10.0 Å². The van der Waals surface area contributed by atoms with Crippen LogP contribution in [0.1, 0.15) is 47.6 Å². The summed E-state index contributed by atoms with van der Waals surface area (Å²) in [5.74, 6) is -0.970. The van der Waals surface area contributed by atoms with E-state index in [-0.39, 0.29) is 18.2 Å². The van der Waals surface area contributed by atoms with Gasteiger partial charge in [0.1, 0.15) is 6.33 Å². The molecule has 128 valence electrons. The Morgan fingerprint density at radius 1 is 1.38 bits per heavy atom. The molecule has 2 heterocycles. The zero-order valence-corrected chi connectivity index (χ0v) is 14.4. The summed E-state index contributed by atoms with van der Waals surface area (Å²) < 4.78 is 27.1. The van der Waals surface area contributed by atoms with Crippen LogP contribution in [-0.2, 0) is 10.0 Å². The van der Waals surface area contributed by atoms with E-state index < -0.39 is 21.9 Å². The highest BCUT2D eigenvalue weighted by molar-refractivity contribution is 7.92. The van der Waals surface area contributed by atoms with E-state index >= 15 is 0 Å². The molecule has 0 unspecified atom stereocenters. The minimum Gasteiger partial charge on any atom is -0.478 e. The summed E-state index contributed by atoms with van der Waals surface area (Å²) in [6.07, 6.45) is 2.73. The molecule has 1 N–H and O–H groups in total. The Hall–Kier alpha value is -2.42. The van der Waals surface area contributed by atoms with Crippen molar-refractivity contribution in [3.8, 4) is 0 Å². The molecule has 0 radical (unpaired) electrons. The molecule has 0 saturated carbocycles. The zero-order valence-electron chi connectivity index (χ0n) is 13.5. The first-order valence-electron chi connectivity index (χ1n) is 7.44. The Bertz CT molecular complexity index is 904. The van der Waals surface area contributed by atoms with Crippen LogP contribution in [0.15, 0.2) is 24.5 Å². The number of hydrogen-bond donors (Lipinski definition) is 1. The summed E-state index contributed by atoms with van der Waals surface area (Å²) in [6, 6.07) is 4.56. The molecular formula is C15H18N4O4S. The van der Waals surface area contributed by atoms with Gasteiger partial charge in [-0.25, -0.2) is 18.2 Å². The number of benzene rings is 1. The maximum absolute atomic E-state index is 12.1. The van der Waals surface area contributed by atoms with E-state index in [1.54, 1.807) is 11.0 Å². The van der Waals surface area contributed by atoms with Crippen LogP contribution < -0.4 is 4.31 Å². The maximum atomic E-state index is 12.1. The van der Waals surface area contributed by atoms with Crippen LogP contribution in [0.4, 0.5) is 5.69 Å². The summed E-state index contributed by atoms with van der Waals surface area (Å²) in [5.41, 5.74) is 1.20. The van der Waals surface area contributed by atoms with Crippen molar-refractivity contribution in [2.45, 2.75) is 25.8 Å². The van der Waals surface area contributed by atoms with Gasteiger partial charge in [0.15, 0.2) is 5.82 Å². The van der Waals surface area contributed by atoms with Gasteiger partial charge < -0.3 is 5.11 Å². The fraction of sp³-hybridized carbons (Fsp3) is 0.400. The standard InChI is InChI=1S/C15H18N4O4S/c1-9(2)18-8-16-14(17-18)12-7-19(24(3,22)23)13-5-4-10(15(20)21)6-11(12)13/h4-6,8-9,12H,7H2,1-3H3,(H,20,21)/t12-/m1/s1. The SMILES string of the molecule is CC(C)n1cnc([C@@H]2CN(S(C)(=O)=O)c3ccc(C(=O)O)cc32)n1. The molecule has 9 heteroatoms. The van der Waals surface area contributed by atoms with Gasteiger partial charge in [-0.1, -0.05) is 0 Å². The van der Waals surface area contributed by atoms with Crippen molar-refractivity contribution in [2.75, 3.05) is 17.1 Å². The minimum absolute atomic E-state index is 0.109. The van der Waals surface area contributed by atoms with Gasteiger partial charge in [0.05, 0.1) is 23.4 Å². The van der Waals surface area contributed by atoms with Crippen LogP contribution in [0.5, 0.6) is 0 Å². The predicted octanol–water partition coefficient (Wildman–Crippen LogP) is 1.47. The Labute approximate surface area is 139 Å². The zero-order chi connectivity index (χ0) is 17.6. The monoisotopic (exact) mass is 350 g/mol. The molecule has 0 bridgehead atoms. The fourth-order valence-corrected chi connectivity index (χ4v) is 3.73. The lowest BCUT2D eigenvalue weighted by molar-refractivity contribution is 0.0697. The van der Waals surface area contributed by atoms with E-state index in [9.17, 15) is 18.3 Å². The number of rotatable bonds is 4. The number of hydrogen-bond acceptors (Lipinski definition) is 5. The molecule has 24 heavy (non-hydrogen) atoms. The second-order valence-electron chi connectivity index (χ2n) is 6.10. The number of carbonyl (C=O) groups is 1. The van der Waals surface area contributed by atoms with Crippen LogP contribution in [0.3, 0.4) is 0 Å². The molecule has 1 aromatic heterocycles. The van der Waals surface area contributed by atoms with Gasteiger partial charge in [0.25, 0.3) is 0 Å². The Morgan fingerprint density at radius 3 is 2.62 bits per heavy atom. The van der Waals surface area contributed by atoms with Crippen LogP contribution >= 0.6 is 0 Å². The number of carboxylic acid groups (broad SMARTS) is 1. The molecule has 1 aromatic carbocycles. The highest BCUT2D eigenvalue weighted by Crippen LogP contribution is 2.40. The van der Waals surface area contributed by atoms with Gasteiger partial charge in [-0.15, -0.1) is 0 Å². The summed E-state index contributed by atoms with van der Waals surface area (Å²) in [4.78, 5) is 15.5. The topological polar surface area (TPSA) is 105 Å². The lowest BCUT2D eigenvalue weighted by Gasteiger charge is -2.16. The van der Waals surface area contributed by atoms with Gasteiger partial charge >= 0.3 is 5.97 Å². The Morgan fingerprint density at radius 2 is 2.08 bits per heavy atom. The van der Waals surface area contributed by atoms with Crippen molar-refractivity contribution >= 4 is 21.7 Å². The van der Waals surface area contributed by atoms with Crippen molar-refractivity contribution in [2.24, 2.45) is 0 Å². The highest BCUT2D eigenvalue weighted by atomic mass is 32.2. The predicted molar refractivity (Wildman–Crippen MR) is 87.8 cm³/mol. The lowest BCUT2D eigenvalue weighted by atomic mass is 9.98. The second-order valence-corrected chi connectivity index (χ2v) is 8.01. The largest absolute Gasteiger partial charge is 0.478 e. The summed E-state index contributed by atoms with van der Waals surface area (Å²) in [5, 5.41) is 13.6. The van der Waals surface area contributed by atoms with E-state index in [2.05, 4.69) is 10.1 Å². The number of carboxylic acids is 1. The molecule has 0 fully saturated rings. The number of sulfonamides is 1. The molecule has 0 saturated heterocycles. The third kappa shape index (κ3) is 2.75. The summed E-state index contributed by atoms with van der Waals surface area (Å²) in [7, 11) is -3.48. The first kappa shape index (κ1) is 16.4. The molecule has 0 spiro atoms. The minimum atomic E-state index is -3.48. The molecule has 1 atom stereocenters. The molecule has 0 aliphatic carbocycles.